The van der Waals surface area contributed by atoms with Crippen LogP contribution in [0.2, 0.25) is 5.02 Å². The fourth-order valence-electron chi connectivity index (χ4n) is 4.10. The summed E-state index contributed by atoms with van der Waals surface area (Å²) < 4.78 is 5.09. The Hall–Kier alpha value is -3.05. The van der Waals surface area contributed by atoms with Gasteiger partial charge in [0.05, 0.1) is 17.7 Å². The van der Waals surface area contributed by atoms with Crippen LogP contribution in [0.4, 0.5) is 5.69 Å². The van der Waals surface area contributed by atoms with Crippen LogP contribution in [0.3, 0.4) is 0 Å². The average Bonchev–Trinajstić information content (AvgIpc) is 3.33. The zero-order chi connectivity index (χ0) is 21.8. The van der Waals surface area contributed by atoms with Crippen LogP contribution in [0.5, 0.6) is 0 Å². The van der Waals surface area contributed by atoms with Gasteiger partial charge in [0.25, 0.3) is 5.91 Å². The zero-order valence-corrected chi connectivity index (χ0v) is 18.1. The minimum absolute atomic E-state index is 0.0746. The van der Waals surface area contributed by atoms with Crippen molar-refractivity contribution < 1.29 is 14.0 Å². The molecule has 160 valence electrons. The summed E-state index contributed by atoms with van der Waals surface area (Å²) in [6, 6.07) is 17.2. The molecule has 1 saturated heterocycles. The number of rotatable bonds is 5. The predicted octanol–water partition coefficient (Wildman–Crippen LogP) is 5.38. The summed E-state index contributed by atoms with van der Waals surface area (Å²) in [5, 5.41) is 3.52. The van der Waals surface area contributed by atoms with Crippen LogP contribution in [0, 0.1) is 5.92 Å². The van der Waals surface area contributed by atoms with Crippen LogP contribution in [0.25, 0.3) is 0 Å². The van der Waals surface area contributed by atoms with E-state index >= 15 is 0 Å². The number of nitrogens with zero attached hydrogens (tertiary/aromatic N) is 1. The largest absolute Gasteiger partial charge is 0.472 e. The average molecular weight is 437 g/mol. The minimum Gasteiger partial charge on any atom is -0.472 e. The lowest BCUT2D eigenvalue weighted by molar-refractivity contribution is -0.121. The molecular weight excluding hydrogens is 412 g/mol. The molecule has 5 nitrogen and oxygen atoms in total. The molecule has 0 bridgehead atoms. The summed E-state index contributed by atoms with van der Waals surface area (Å²) in [6.45, 7) is 3.05. The predicted molar refractivity (Wildman–Crippen MR) is 121 cm³/mol. The first-order valence-electron chi connectivity index (χ1n) is 10.5. The second-order valence-corrected chi connectivity index (χ2v) is 8.38. The Morgan fingerprint density at radius 3 is 2.61 bits per heavy atom. The highest BCUT2D eigenvalue weighted by atomic mass is 35.5. The SMILES string of the molecule is CCc1ccc([C@H]2C[C@H](C(=O)Nc3cccc(Cl)c3)CN(C(=O)c3ccoc3)C2)cc1. The molecular formula is C25H25ClN2O3. The molecule has 4 rings (SSSR count). The highest BCUT2D eigenvalue weighted by molar-refractivity contribution is 6.30. The number of amides is 2. The van der Waals surface area contributed by atoms with Gasteiger partial charge in [-0.15, -0.1) is 0 Å². The van der Waals surface area contributed by atoms with Crippen LogP contribution < -0.4 is 5.32 Å². The number of furan rings is 1. The van der Waals surface area contributed by atoms with Gasteiger partial charge < -0.3 is 14.6 Å². The fourth-order valence-corrected chi connectivity index (χ4v) is 4.29. The lowest BCUT2D eigenvalue weighted by Gasteiger charge is -2.37. The van der Waals surface area contributed by atoms with Crippen molar-refractivity contribution in [2.45, 2.75) is 25.7 Å². The molecule has 6 heteroatoms. The summed E-state index contributed by atoms with van der Waals surface area (Å²) >= 11 is 6.05. The van der Waals surface area contributed by atoms with Gasteiger partial charge in [-0.2, -0.15) is 0 Å². The lowest BCUT2D eigenvalue weighted by atomic mass is 9.83. The Morgan fingerprint density at radius 1 is 1.13 bits per heavy atom. The highest BCUT2D eigenvalue weighted by Crippen LogP contribution is 2.32. The maximum Gasteiger partial charge on any atom is 0.257 e. The quantitative estimate of drug-likeness (QED) is 0.584. The Morgan fingerprint density at radius 2 is 1.94 bits per heavy atom. The van der Waals surface area contributed by atoms with Gasteiger partial charge in [-0.3, -0.25) is 9.59 Å². The van der Waals surface area contributed by atoms with Crippen molar-refractivity contribution in [1.82, 2.24) is 4.90 Å². The van der Waals surface area contributed by atoms with Gasteiger partial charge in [0.1, 0.15) is 6.26 Å². The third-order valence-corrected chi connectivity index (χ3v) is 6.06. The number of nitrogens with one attached hydrogen (secondary N) is 1. The first-order valence-corrected chi connectivity index (χ1v) is 10.9. The van der Waals surface area contributed by atoms with Crippen molar-refractivity contribution in [3.8, 4) is 0 Å². The van der Waals surface area contributed by atoms with E-state index in [0.717, 1.165) is 12.0 Å². The molecule has 1 fully saturated rings. The monoisotopic (exact) mass is 436 g/mol. The molecule has 1 aliphatic heterocycles. The van der Waals surface area contributed by atoms with Crippen molar-refractivity contribution in [3.05, 3.63) is 88.8 Å². The van der Waals surface area contributed by atoms with Gasteiger partial charge in [-0.25, -0.2) is 0 Å². The van der Waals surface area contributed by atoms with Crippen molar-refractivity contribution in [2.75, 3.05) is 18.4 Å². The van der Waals surface area contributed by atoms with Crippen LogP contribution in [-0.2, 0) is 11.2 Å². The molecule has 2 heterocycles. The van der Waals surface area contributed by atoms with Gasteiger partial charge in [0.15, 0.2) is 0 Å². The van der Waals surface area contributed by atoms with E-state index in [1.807, 2.05) is 6.07 Å². The number of hydrogen-bond acceptors (Lipinski definition) is 3. The number of hydrogen-bond donors (Lipinski definition) is 1. The van der Waals surface area contributed by atoms with Crippen molar-refractivity contribution in [1.29, 1.82) is 0 Å². The number of piperidine rings is 1. The standard InChI is InChI=1S/C25H25ClN2O3/c1-2-17-6-8-18(9-7-17)20-12-21(24(29)27-23-5-3-4-22(26)13-23)15-28(14-20)25(30)19-10-11-31-16-19/h3-11,13,16,20-21H,2,12,14-15H2,1H3,(H,27,29)/t20-,21-/m0/s1. The topological polar surface area (TPSA) is 62.6 Å². The third kappa shape index (κ3) is 5.00. The highest BCUT2D eigenvalue weighted by Gasteiger charge is 2.35. The van der Waals surface area contributed by atoms with Gasteiger partial charge in [-0.1, -0.05) is 48.9 Å². The van der Waals surface area contributed by atoms with E-state index in [2.05, 4.69) is 36.5 Å². The number of benzene rings is 2. The molecule has 0 aliphatic carbocycles. The van der Waals surface area contributed by atoms with Crippen LogP contribution in [0.1, 0.15) is 40.7 Å². The van der Waals surface area contributed by atoms with Crippen LogP contribution >= 0.6 is 11.6 Å². The zero-order valence-electron chi connectivity index (χ0n) is 17.4. The number of carbonyl (C=O) groups is 2. The van der Waals surface area contributed by atoms with Crippen molar-refractivity contribution in [3.63, 3.8) is 0 Å². The van der Waals surface area contributed by atoms with Crippen LogP contribution in [0.15, 0.2) is 71.5 Å². The van der Waals surface area contributed by atoms with Crippen molar-refractivity contribution >= 4 is 29.1 Å². The maximum atomic E-state index is 13.1. The van der Waals surface area contributed by atoms with Gasteiger partial charge in [-0.05, 0) is 48.2 Å². The van der Waals surface area contributed by atoms with E-state index in [-0.39, 0.29) is 23.7 Å². The summed E-state index contributed by atoms with van der Waals surface area (Å²) in [7, 11) is 0. The Kier molecular flexibility index (Phi) is 6.42. The van der Waals surface area contributed by atoms with E-state index < -0.39 is 0 Å². The van der Waals surface area contributed by atoms with Crippen LogP contribution in [-0.4, -0.2) is 29.8 Å². The number of halogens is 1. The van der Waals surface area contributed by atoms with E-state index in [1.54, 1.807) is 29.2 Å². The summed E-state index contributed by atoms with van der Waals surface area (Å²) in [5.74, 6) is -0.489. The van der Waals surface area contributed by atoms with Gasteiger partial charge >= 0.3 is 0 Å². The molecule has 2 atom stereocenters. The van der Waals surface area contributed by atoms with E-state index in [0.29, 0.717) is 35.8 Å². The normalized spacial score (nSPS) is 18.6. The summed E-state index contributed by atoms with van der Waals surface area (Å²) in [4.78, 5) is 27.9. The molecule has 2 amide bonds. The smallest absolute Gasteiger partial charge is 0.257 e. The molecule has 0 spiro atoms. The minimum atomic E-state index is -0.334. The third-order valence-electron chi connectivity index (χ3n) is 5.83. The summed E-state index contributed by atoms with van der Waals surface area (Å²) in [6.07, 6.45) is 4.58. The Bertz CT molecular complexity index is 1050. The molecule has 0 radical (unpaired) electrons. The first kappa shape index (κ1) is 21.2. The molecule has 0 unspecified atom stereocenters. The number of anilines is 1. The summed E-state index contributed by atoms with van der Waals surface area (Å²) in [5.41, 5.74) is 3.55. The fraction of sp³-hybridized carbons (Fsp3) is 0.280. The Balaban J connectivity index is 1.57. The van der Waals surface area contributed by atoms with Crippen molar-refractivity contribution in [2.24, 2.45) is 5.92 Å². The molecule has 1 aromatic heterocycles. The first-order chi connectivity index (χ1) is 15.0. The van der Waals surface area contributed by atoms with Gasteiger partial charge in [0.2, 0.25) is 5.91 Å². The second kappa shape index (κ2) is 9.40. The molecule has 1 N–H and O–H groups in total. The molecule has 0 saturated carbocycles. The molecule has 2 aromatic carbocycles. The molecule has 31 heavy (non-hydrogen) atoms. The number of aryl methyl sites for hydroxylation is 1. The van der Waals surface area contributed by atoms with Gasteiger partial charge in [0, 0.05) is 29.7 Å². The maximum absolute atomic E-state index is 13.1. The van der Waals surface area contributed by atoms with E-state index in [9.17, 15) is 9.59 Å². The molecule has 3 aromatic rings. The Labute approximate surface area is 187 Å². The lowest BCUT2D eigenvalue weighted by Crippen LogP contribution is -2.46. The van der Waals surface area contributed by atoms with E-state index in [1.165, 1.54) is 18.1 Å². The van der Waals surface area contributed by atoms with E-state index in [4.69, 9.17) is 16.0 Å². The second-order valence-electron chi connectivity index (χ2n) is 7.95. The number of likely N-dealkylation sites (tertiary alicyclic amines) is 1. The molecule has 1 aliphatic rings. The number of carbonyl (C=O) groups excluding carboxylic acids is 2.